The molecule has 1 aromatic heterocycles. The number of hydrogen-bond acceptors (Lipinski definition) is 4. The lowest BCUT2D eigenvalue weighted by atomic mass is 10.2. The van der Waals surface area contributed by atoms with Crippen molar-refractivity contribution < 1.29 is 13.2 Å². The Bertz CT molecular complexity index is 1210. The summed E-state index contributed by atoms with van der Waals surface area (Å²) in [6, 6.07) is 12.8. The average Bonchev–Trinajstić information content (AvgIpc) is 3.11. The number of anilines is 1. The third-order valence-corrected chi connectivity index (χ3v) is 7.46. The predicted molar refractivity (Wildman–Crippen MR) is 122 cm³/mol. The van der Waals surface area contributed by atoms with Gasteiger partial charge in [-0.05, 0) is 56.2 Å². The van der Waals surface area contributed by atoms with Gasteiger partial charge in [0, 0.05) is 18.8 Å². The van der Waals surface area contributed by atoms with Crippen LogP contribution in [-0.4, -0.2) is 41.5 Å². The number of amides is 1. The van der Waals surface area contributed by atoms with Crippen LogP contribution < -0.4 is 5.32 Å². The van der Waals surface area contributed by atoms with Crippen molar-refractivity contribution in [1.82, 2.24) is 14.1 Å². The zero-order valence-electron chi connectivity index (χ0n) is 18.5. The monoisotopic (exact) mass is 440 g/mol. The fourth-order valence-electron chi connectivity index (χ4n) is 3.51. The van der Waals surface area contributed by atoms with Crippen LogP contribution in [0.3, 0.4) is 0 Å². The van der Waals surface area contributed by atoms with Crippen LogP contribution in [-0.2, 0) is 10.0 Å². The van der Waals surface area contributed by atoms with Gasteiger partial charge in [0.1, 0.15) is 0 Å². The van der Waals surface area contributed by atoms with Crippen LogP contribution in [0, 0.1) is 20.8 Å². The van der Waals surface area contributed by atoms with Gasteiger partial charge in [-0.1, -0.05) is 32.0 Å². The first-order valence-electron chi connectivity index (χ1n) is 10.2. The highest BCUT2D eigenvalue weighted by Crippen LogP contribution is 2.24. The van der Waals surface area contributed by atoms with E-state index in [9.17, 15) is 13.2 Å². The summed E-state index contributed by atoms with van der Waals surface area (Å²) in [5, 5.41) is 7.17. The molecule has 8 heteroatoms. The molecule has 0 aliphatic heterocycles. The highest BCUT2D eigenvalue weighted by atomic mass is 32.2. The molecular weight excluding hydrogens is 412 g/mol. The Morgan fingerprint density at radius 1 is 1.06 bits per heavy atom. The second-order valence-corrected chi connectivity index (χ2v) is 9.32. The molecule has 3 aromatic rings. The number of nitrogens with one attached hydrogen (secondary N) is 1. The van der Waals surface area contributed by atoms with Crippen molar-refractivity contribution in [2.75, 3.05) is 18.4 Å². The molecule has 0 bridgehead atoms. The molecule has 0 radical (unpaired) electrons. The highest BCUT2D eigenvalue weighted by Gasteiger charge is 2.24. The van der Waals surface area contributed by atoms with Crippen LogP contribution in [0.5, 0.6) is 0 Å². The Morgan fingerprint density at radius 3 is 2.42 bits per heavy atom. The zero-order chi connectivity index (χ0) is 22.8. The van der Waals surface area contributed by atoms with E-state index < -0.39 is 10.0 Å². The van der Waals surface area contributed by atoms with Crippen molar-refractivity contribution in [3.8, 4) is 5.69 Å². The first-order chi connectivity index (χ1) is 14.7. The van der Waals surface area contributed by atoms with Crippen molar-refractivity contribution in [2.45, 2.75) is 39.5 Å². The van der Waals surface area contributed by atoms with E-state index in [2.05, 4.69) is 10.4 Å². The maximum atomic E-state index is 13.0. The maximum absolute atomic E-state index is 13.0. The van der Waals surface area contributed by atoms with Gasteiger partial charge < -0.3 is 5.32 Å². The van der Waals surface area contributed by atoms with Crippen LogP contribution in [0.1, 0.15) is 41.0 Å². The van der Waals surface area contributed by atoms with Crippen molar-refractivity contribution >= 4 is 21.6 Å². The normalized spacial score (nSPS) is 11.7. The summed E-state index contributed by atoms with van der Waals surface area (Å²) < 4.78 is 29.0. The molecule has 2 aromatic carbocycles. The summed E-state index contributed by atoms with van der Waals surface area (Å²) >= 11 is 0. The van der Waals surface area contributed by atoms with Gasteiger partial charge in [0.25, 0.3) is 5.91 Å². The van der Waals surface area contributed by atoms with Crippen LogP contribution in [0.4, 0.5) is 5.69 Å². The Balaban J connectivity index is 1.90. The number of aromatic nitrogens is 2. The van der Waals surface area contributed by atoms with Crippen molar-refractivity contribution in [3.63, 3.8) is 0 Å². The summed E-state index contributed by atoms with van der Waals surface area (Å²) in [5.41, 5.74) is 4.15. The molecule has 3 rings (SSSR count). The summed E-state index contributed by atoms with van der Waals surface area (Å²) in [7, 11) is -3.63. The molecule has 0 spiro atoms. The topological polar surface area (TPSA) is 84.3 Å². The molecule has 1 N–H and O–H groups in total. The molecule has 0 saturated carbocycles. The number of rotatable bonds is 7. The van der Waals surface area contributed by atoms with Crippen LogP contribution >= 0.6 is 0 Å². The van der Waals surface area contributed by atoms with Crippen LogP contribution in [0.25, 0.3) is 5.69 Å². The van der Waals surface area contributed by atoms with E-state index in [1.807, 2.05) is 38.1 Å². The van der Waals surface area contributed by atoms with E-state index >= 15 is 0 Å². The minimum Gasteiger partial charge on any atom is -0.322 e. The quantitative estimate of drug-likeness (QED) is 0.600. The van der Waals surface area contributed by atoms with Crippen LogP contribution in [0.2, 0.25) is 0 Å². The number of carbonyl (C=O) groups excluding carboxylic acids is 1. The Labute approximate surface area is 183 Å². The summed E-state index contributed by atoms with van der Waals surface area (Å²) in [5.74, 6) is -0.341. The minimum absolute atomic E-state index is 0.196. The molecule has 1 heterocycles. The van der Waals surface area contributed by atoms with E-state index in [1.165, 1.54) is 16.6 Å². The van der Waals surface area contributed by atoms with E-state index in [4.69, 9.17) is 0 Å². The smallest absolute Gasteiger partial charge is 0.259 e. The van der Waals surface area contributed by atoms with Crippen molar-refractivity contribution in [1.29, 1.82) is 0 Å². The van der Waals surface area contributed by atoms with Crippen molar-refractivity contribution in [2.24, 2.45) is 0 Å². The van der Waals surface area contributed by atoms with Gasteiger partial charge in [0.15, 0.2) is 0 Å². The maximum Gasteiger partial charge on any atom is 0.259 e. The molecule has 31 heavy (non-hydrogen) atoms. The number of aryl methyl sites for hydroxylation is 2. The van der Waals surface area contributed by atoms with Gasteiger partial charge >= 0.3 is 0 Å². The highest BCUT2D eigenvalue weighted by molar-refractivity contribution is 7.89. The molecule has 1 amide bonds. The number of sulfonamides is 1. The third-order valence-electron chi connectivity index (χ3n) is 5.27. The first kappa shape index (κ1) is 22.7. The second-order valence-electron chi connectivity index (χ2n) is 7.42. The SMILES string of the molecule is CCN(CC)S(=O)(=O)c1cc(NC(=O)c2cnn(-c3cccc(C)c3)c2C)ccc1C. The Morgan fingerprint density at radius 2 is 1.77 bits per heavy atom. The number of nitrogens with zero attached hydrogens (tertiary/aromatic N) is 3. The lowest BCUT2D eigenvalue weighted by molar-refractivity contribution is 0.102. The molecule has 0 fully saturated rings. The molecule has 164 valence electrons. The number of hydrogen-bond donors (Lipinski definition) is 1. The fourth-order valence-corrected chi connectivity index (χ4v) is 5.22. The van der Waals surface area contributed by atoms with Gasteiger partial charge in [-0.2, -0.15) is 9.40 Å². The van der Waals surface area contributed by atoms with Gasteiger partial charge in [-0.15, -0.1) is 0 Å². The van der Waals surface area contributed by atoms with Crippen LogP contribution in [0.15, 0.2) is 53.6 Å². The van der Waals surface area contributed by atoms with Gasteiger partial charge in [0.2, 0.25) is 10.0 Å². The molecule has 0 aliphatic carbocycles. The lowest BCUT2D eigenvalue weighted by Crippen LogP contribution is -2.31. The van der Waals surface area contributed by atoms with Crippen molar-refractivity contribution in [3.05, 3.63) is 71.0 Å². The van der Waals surface area contributed by atoms with Gasteiger partial charge in [-0.3, -0.25) is 4.79 Å². The van der Waals surface area contributed by atoms with Gasteiger partial charge in [-0.25, -0.2) is 13.1 Å². The molecule has 0 unspecified atom stereocenters. The summed E-state index contributed by atoms with van der Waals surface area (Å²) in [6.07, 6.45) is 1.52. The average molecular weight is 441 g/mol. The minimum atomic E-state index is -3.63. The molecule has 0 saturated heterocycles. The fraction of sp³-hybridized carbons (Fsp3) is 0.304. The summed E-state index contributed by atoms with van der Waals surface area (Å²) in [4.78, 5) is 13.1. The second kappa shape index (κ2) is 9.03. The molecule has 0 atom stereocenters. The largest absolute Gasteiger partial charge is 0.322 e. The molecule has 7 nitrogen and oxygen atoms in total. The van der Waals surface area contributed by atoms with E-state index in [0.717, 1.165) is 11.3 Å². The van der Waals surface area contributed by atoms with Gasteiger partial charge in [0.05, 0.1) is 28.0 Å². The zero-order valence-corrected chi connectivity index (χ0v) is 19.3. The predicted octanol–water partition coefficient (Wildman–Crippen LogP) is 4.08. The standard InChI is InChI=1S/C23H28N4O3S/c1-6-26(7-2)31(29,30)22-14-19(12-11-17(22)4)25-23(28)21-15-24-27(18(21)5)20-10-8-9-16(3)13-20/h8-15H,6-7H2,1-5H3,(H,25,28). The summed E-state index contributed by atoms with van der Waals surface area (Å²) in [6.45, 7) is 9.94. The Hall–Kier alpha value is -2.97. The molecule has 0 aliphatic rings. The van der Waals surface area contributed by atoms with E-state index in [0.29, 0.717) is 35.6 Å². The Kier molecular flexibility index (Phi) is 6.62. The first-order valence-corrected chi connectivity index (χ1v) is 11.7. The number of benzene rings is 2. The van der Waals surface area contributed by atoms with E-state index in [-0.39, 0.29) is 10.8 Å². The number of carbonyl (C=O) groups is 1. The lowest BCUT2D eigenvalue weighted by Gasteiger charge is -2.20. The molecular formula is C23H28N4O3S. The third kappa shape index (κ3) is 4.55. The van der Waals surface area contributed by atoms with E-state index in [1.54, 1.807) is 37.6 Å².